The molecule has 7 heteroatoms. The molecule has 0 aliphatic carbocycles. The molecular formula is C14H20ClN3O3. The van der Waals surface area contributed by atoms with Gasteiger partial charge in [0.2, 0.25) is 0 Å². The van der Waals surface area contributed by atoms with E-state index in [0.29, 0.717) is 30.5 Å². The maximum absolute atomic E-state index is 11.1. The third-order valence-corrected chi connectivity index (χ3v) is 4.37. The van der Waals surface area contributed by atoms with Gasteiger partial charge in [-0.05, 0) is 39.1 Å². The highest BCUT2D eigenvalue weighted by atomic mass is 35.5. The maximum atomic E-state index is 11.1. The summed E-state index contributed by atoms with van der Waals surface area (Å²) in [5, 5.41) is 14.7. The Labute approximate surface area is 129 Å². The number of rotatable bonds is 5. The van der Waals surface area contributed by atoms with Gasteiger partial charge < -0.3 is 15.0 Å². The van der Waals surface area contributed by atoms with Crippen molar-refractivity contribution in [3.8, 4) is 0 Å². The molecule has 1 aromatic carbocycles. The summed E-state index contributed by atoms with van der Waals surface area (Å²) < 4.78 is 5.42. The normalized spacial score (nSPS) is 17.7. The van der Waals surface area contributed by atoms with E-state index in [2.05, 4.69) is 10.2 Å². The fourth-order valence-corrected chi connectivity index (χ4v) is 2.76. The minimum atomic E-state index is -0.416. The lowest BCUT2D eigenvalue weighted by Crippen LogP contribution is -2.53. The molecule has 0 amide bonds. The number of hydrogen-bond acceptors (Lipinski definition) is 5. The van der Waals surface area contributed by atoms with Crippen LogP contribution in [0.2, 0.25) is 5.02 Å². The van der Waals surface area contributed by atoms with Crippen molar-refractivity contribution in [2.75, 3.05) is 39.2 Å². The van der Waals surface area contributed by atoms with Gasteiger partial charge in [0.15, 0.2) is 0 Å². The first-order chi connectivity index (χ1) is 9.94. The fraction of sp³-hybridized carbons (Fsp3) is 0.571. The molecule has 6 nitrogen and oxygen atoms in total. The molecule has 1 heterocycles. The van der Waals surface area contributed by atoms with E-state index < -0.39 is 4.92 Å². The van der Waals surface area contributed by atoms with Crippen LogP contribution in [0.5, 0.6) is 0 Å². The zero-order valence-electron chi connectivity index (χ0n) is 12.3. The van der Waals surface area contributed by atoms with Gasteiger partial charge in [-0.2, -0.15) is 0 Å². The summed E-state index contributed by atoms with van der Waals surface area (Å²) in [6, 6.07) is 4.68. The second kappa shape index (κ2) is 6.60. The molecular weight excluding hydrogens is 294 g/mol. The van der Waals surface area contributed by atoms with Crippen molar-refractivity contribution >= 4 is 23.0 Å². The molecule has 0 radical (unpaired) electrons. The van der Waals surface area contributed by atoms with Crippen LogP contribution in [0.15, 0.2) is 18.2 Å². The lowest BCUT2D eigenvalue weighted by atomic mass is 9.88. The van der Waals surface area contributed by atoms with Crippen LogP contribution in [-0.2, 0) is 4.74 Å². The van der Waals surface area contributed by atoms with Crippen LogP contribution < -0.4 is 5.32 Å². The number of nitro groups is 1. The Balaban J connectivity index is 2.16. The van der Waals surface area contributed by atoms with Crippen molar-refractivity contribution in [2.24, 2.45) is 0 Å². The summed E-state index contributed by atoms with van der Waals surface area (Å²) in [7, 11) is 4.06. The van der Waals surface area contributed by atoms with Crippen LogP contribution in [0.4, 0.5) is 11.4 Å². The third-order valence-electron chi connectivity index (χ3n) is 4.14. The van der Waals surface area contributed by atoms with E-state index >= 15 is 0 Å². The number of likely N-dealkylation sites (N-methyl/N-ethyl adjacent to an activating group) is 1. The van der Waals surface area contributed by atoms with Gasteiger partial charge in [-0.15, -0.1) is 0 Å². The largest absolute Gasteiger partial charge is 0.381 e. The minimum Gasteiger partial charge on any atom is -0.381 e. The van der Waals surface area contributed by atoms with Gasteiger partial charge in [0, 0.05) is 36.4 Å². The molecule has 1 aliphatic rings. The molecule has 2 rings (SSSR count). The first-order valence-corrected chi connectivity index (χ1v) is 7.25. The number of anilines is 1. The zero-order chi connectivity index (χ0) is 15.5. The maximum Gasteiger partial charge on any atom is 0.293 e. The average Bonchev–Trinajstić information content (AvgIpc) is 2.46. The number of halogens is 1. The van der Waals surface area contributed by atoms with Crippen LogP contribution in [0.1, 0.15) is 12.8 Å². The second-order valence-corrected chi connectivity index (χ2v) is 5.94. The van der Waals surface area contributed by atoms with E-state index in [1.165, 1.54) is 6.07 Å². The topological polar surface area (TPSA) is 67.6 Å². The third kappa shape index (κ3) is 3.64. The van der Waals surface area contributed by atoms with E-state index in [1.54, 1.807) is 12.1 Å². The van der Waals surface area contributed by atoms with Crippen molar-refractivity contribution in [1.29, 1.82) is 0 Å². The van der Waals surface area contributed by atoms with E-state index in [1.807, 2.05) is 14.1 Å². The van der Waals surface area contributed by atoms with Gasteiger partial charge in [-0.1, -0.05) is 11.6 Å². The summed E-state index contributed by atoms with van der Waals surface area (Å²) in [4.78, 5) is 12.9. The number of hydrogen-bond donors (Lipinski definition) is 1. The summed E-state index contributed by atoms with van der Waals surface area (Å²) in [5.41, 5.74) is 0.451. The van der Waals surface area contributed by atoms with Crippen molar-refractivity contribution < 1.29 is 9.66 Å². The van der Waals surface area contributed by atoms with Gasteiger partial charge >= 0.3 is 0 Å². The average molecular weight is 314 g/mol. The molecule has 0 saturated carbocycles. The quantitative estimate of drug-likeness (QED) is 0.668. The molecule has 0 aromatic heterocycles. The number of nitrogens with zero attached hydrogens (tertiary/aromatic N) is 2. The minimum absolute atomic E-state index is 0.00321. The Morgan fingerprint density at radius 3 is 2.67 bits per heavy atom. The predicted octanol–water partition coefficient (Wildman–Crippen LogP) is 2.77. The van der Waals surface area contributed by atoms with Crippen molar-refractivity contribution in [3.63, 3.8) is 0 Å². The molecule has 1 fully saturated rings. The number of ether oxygens (including phenoxy) is 1. The number of nitro benzene ring substituents is 1. The van der Waals surface area contributed by atoms with Crippen molar-refractivity contribution in [2.45, 2.75) is 18.4 Å². The first-order valence-electron chi connectivity index (χ1n) is 6.88. The predicted molar refractivity (Wildman–Crippen MR) is 83.1 cm³/mol. The van der Waals surface area contributed by atoms with Gasteiger partial charge in [-0.3, -0.25) is 10.1 Å². The molecule has 0 spiro atoms. The molecule has 1 saturated heterocycles. The zero-order valence-corrected chi connectivity index (χ0v) is 13.0. The Morgan fingerprint density at radius 1 is 1.43 bits per heavy atom. The molecule has 1 aromatic rings. The van der Waals surface area contributed by atoms with Crippen LogP contribution in [-0.4, -0.2) is 49.2 Å². The highest BCUT2D eigenvalue weighted by Crippen LogP contribution is 2.31. The van der Waals surface area contributed by atoms with E-state index in [9.17, 15) is 10.1 Å². The highest BCUT2D eigenvalue weighted by Gasteiger charge is 2.35. The van der Waals surface area contributed by atoms with Gasteiger partial charge in [0.05, 0.1) is 4.92 Å². The number of benzene rings is 1. The summed E-state index contributed by atoms with van der Waals surface area (Å²) >= 11 is 5.83. The Hall–Kier alpha value is -1.37. The molecule has 0 atom stereocenters. The lowest BCUT2D eigenvalue weighted by Gasteiger charge is -2.43. The highest BCUT2D eigenvalue weighted by molar-refractivity contribution is 6.30. The van der Waals surface area contributed by atoms with E-state index in [0.717, 1.165) is 12.8 Å². The first kappa shape index (κ1) is 16.0. The summed E-state index contributed by atoms with van der Waals surface area (Å²) in [6.45, 7) is 2.05. The standard InChI is InChI=1S/C14H20ClN3O3/c1-17(2)14(5-7-21-8-6-14)10-16-12-4-3-11(15)9-13(12)18(19)20/h3-4,9,16H,5-8,10H2,1-2H3. The molecule has 21 heavy (non-hydrogen) atoms. The number of nitrogens with one attached hydrogen (secondary N) is 1. The molecule has 1 aliphatic heterocycles. The summed E-state index contributed by atoms with van der Waals surface area (Å²) in [6.07, 6.45) is 1.79. The SMILES string of the molecule is CN(C)C1(CNc2ccc(Cl)cc2[N+](=O)[O-])CCOCC1. The van der Waals surface area contributed by atoms with Gasteiger partial charge in [0.25, 0.3) is 5.69 Å². The van der Waals surface area contributed by atoms with Crippen LogP contribution >= 0.6 is 11.6 Å². The Kier molecular flexibility index (Phi) is 5.03. The van der Waals surface area contributed by atoms with Gasteiger partial charge in [-0.25, -0.2) is 0 Å². The molecule has 1 N–H and O–H groups in total. The monoisotopic (exact) mass is 313 g/mol. The van der Waals surface area contributed by atoms with E-state index in [-0.39, 0.29) is 11.2 Å². The fourth-order valence-electron chi connectivity index (χ4n) is 2.60. The Morgan fingerprint density at radius 2 is 2.10 bits per heavy atom. The van der Waals surface area contributed by atoms with Crippen molar-refractivity contribution in [1.82, 2.24) is 4.90 Å². The van der Waals surface area contributed by atoms with Gasteiger partial charge in [0.1, 0.15) is 5.69 Å². The second-order valence-electron chi connectivity index (χ2n) is 5.50. The van der Waals surface area contributed by atoms with Crippen molar-refractivity contribution in [3.05, 3.63) is 33.3 Å². The Bertz CT molecular complexity index is 516. The lowest BCUT2D eigenvalue weighted by molar-refractivity contribution is -0.383. The summed E-state index contributed by atoms with van der Waals surface area (Å²) in [5.74, 6) is 0. The molecule has 0 bridgehead atoms. The smallest absolute Gasteiger partial charge is 0.293 e. The van der Waals surface area contributed by atoms with E-state index in [4.69, 9.17) is 16.3 Å². The molecule has 116 valence electrons. The molecule has 0 unspecified atom stereocenters. The van der Waals surface area contributed by atoms with Crippen LogP contribution in [0.3, 0.4) is 0 Å². The van der Waals surface area contributed by atoms with Crippen LogP contribution in [0, 0.1) is 10.1 Å². The van der Waals surface area contributed by atoms with Crippen LogP contribution in [0.25, 0.3) is 0 Å².